The number of thioether (sulfide) groups is 1. The van der Waals surface area contributed by atoms with E-state index in [4.69, 9.17) is 0 Å². The molecule has 1 aliphatic heterocycles. The summed E-state index contributed by atoms with van der Waals surface area (Å²) in [6.45, 7) is 0. The molecule has 8 heteroatoms. The zero-order valence-corrected chi connectivity index (χ0v) is 13.1. The molecule has 0 unspecified atom stereocenters. The van der Waals surface area contributed by atoms with Crippen molar-refractivity contribution in [2.24, 2.45) is 0 Å². The Morgan fingerprint density at radius 1 is 1.18 bits per heavy atom. The molecule has 0 bridgehead atoms. The van der Waals surface area contributed by atoms with Crippen LogP contribution in [-0.4, -0.2) is 39.4 Å². The molecular formula is C14H12N4O2S2. The summed E-state index contributed by atoms with van der Waals surface area (Å²) in [6, 6.07) is 8.38. The average Bonchev–Trinajstić information content (AvgIpc) is 2.97. The van der Waals surface area contributed by atoms with Crippen LogP contribution in [0, 0.1) is 0 Å². The number of hydrogen-bond acceptors (Lipinski definition) is 6. The minimum atomic E-state index is -3.34. The number of hydrogen-bond donors (Lipinski definition) is 0. The van der Waals surface area contributed by atoms with Crippen molar-refractivity contribution in [3.8, 4) is 0 Å². The van der Waals surface area contributed by atoms with Gasteiger partial charge in [-0.25, -0.2) is 23.4 Å². The Balaban J connectivity index is 1.73. The fourth-order valence-electron chi connectivity index (χ4n) is 2.59. The minimum Gasteiger partial charge on any atom is -0.322 e. The first-order valence-corrected chi connectivity index (χ1v) is 9.37. The van der Waals surface area contributed by atoms with Gasteiger partial charge in [0.05, 0.1) is 23.0 Å². The molecule has 3 aromatic rings. The van der Waals surface area contributed by atoms with Crippen LogP contribution in [0.3, 0.4) is 0 Å². The normalized spacial score (nSPS) is 17.7. The Hall–Kier alpha value is -1.93. The van der Waals surface area contributed by atoms with Crippen LogP contribution in [0.4, 0.5) is 0 Å². The summed E-state index contributed by atoms with van der Waals surface area (Å²) >= 11 is 1.55. The van der Waals surface area contributed by atoms with E-state index in [-0.39, 0.29) is 11.8 Å². The summed E-state index contributed by atoms with van der Waals surface area (Å²) in [4.78, 5) is 13.0. The van der Waals surface area contributed by atoms with Crippen molar-refractivity contribution in [1.29, 1.82) is 0 Å². The van der Waals surface area contributed by atoms with E-state index in [0.29, 0.717) is 16.3 Å². The van der Waals surface area contributed by atoms with Crippen LogP contribution in [0.2, 0.25) is 0 Å². The molecule has 0 amide bonds. The van der Waals surface area contributed by atoms with Crippen LogP contribution < -0.4 is 0 Å². The first-order chi connectivity index (χ1) is 10.6. The maximum absolute atomic E-state index is 12.6. The molecule has 3 heterocycles. The topological polar surface area (TPSA) is 77.7 Å². The van der Waals surface area contributed by atoms with Gasteiger partial charge in [0, 0.05) is 5.75 Å². The van der Waals surface area contributed by atoms with E-state index >= 15 is 0 Å². The largest absolute Gasteiger partial charge is 0.322 e. The number of rotatable bonds is 3. The Kier molecular flexibility index (Phi) is 3.16. The van der Waals surface area contributed by atoms with Crippen LogP contribution >= 0.6 is 11.8 Å². The van der Waals surface area contributed by atoms with Gasteiger partial charge in [-0.15, -0.1) is 11.8 Å². The van der Waals surface area contributed by atoms with Gasteiger partial charge in [0.2, 0.25) is 0 Å². The molecule has 22 heavy (non-hydrogen) atoms. The molecule has 1 atom stereocenters. The quantitative estimate of drug-likeness (QED) is 0.682. The second-order valence-electron chi connectivity index (χ2n) is 5.06. The van der Waals surface area contributed by atoms with Gasteiger partial charge in [-0.3, -0.25) is 0 Å². The highest BCUT2D eigenvalue weighted by molar-refractivity contribution is 7.99. The van der Waals surface area contributed by atoms with Crippen molar-refractivity contribution in [2.45, 2.75) is 16.0 Å². The number of sulfone groups is 1. The van der Waals surface area contributed by atoms with Crippen molar-refractivity contribution >= 4 is 32.8 Å². The summed E-state index contributed by atoms with van der Waals surface area (Å²) in [5.41, 5.74) is 1.44. The summed E-state index contributed by atoms with van der Waals surface area (Å²) in [7, 11) is -3.34. The van der Waals surface area contributed by atoms with Crippen molar-refractivity contribution < 1.29 is 8.42 Å². The number of benzene rings is 1. The van der Waals surface area contributed by atoms with Crippen molar-refractivity contribution in [2.75, 3.05) is 11.5 Å². The van der Waals surface area contributed by atoms with Gasteiger partial charge in [-0.05, 0) is 12.1 Å². The standard InChI is InChI=1S/C14H12N4O2S2/c19-22(20,11-4-2-1-3-5-11)7-10-6-21-14-12-13(15-8-16-14)17-9-18(10)12/h1-5,8-10H,6-7H2/t10-/m0/s1. The summed E-state index contributed by atoms with van der Waals surface area (Å²) in [6.07, 6.45) is 3.15. The molecule has 0 fully saturated rings. The third-order valence-electron chi connectivity index (χ3n) is 3.65. The lowest BCUT2D eigenvalue weighted by molar-refractivity contribution is 0.563. The van der Waals surface area contributed by atoms with E-state index in [1.165, 1.54) is 6.33 Å². The van der Waals surface area contributed by atoms with Gasteiger partial charge in [0.15, 0.2) is 15.5 Å². The minimum absolute atomic E-state index is 0.0454. The van der Waals surface area contributed by atoms with Gasteiger partial charge >= 0.3 is 0 Å². The molecule has 4 rings (SSSR count). The van der Waals surface area contributed by atoms with Gasteiger partial charge in [0.1, 0.15) is 16.9 Å². The van der Waals surface area contributed by atoms with Crippen LogP contribution in [-0.2, 0) is 9.84 Å². The summed E-state index contributed by atoms with van der Waals surface area (Å²) in [5, 5.41) is 0.857. The zero-order chi connectivity index (χ0) is 15.2. The van der Waals surface area contributed by atoms with Gasteiger partial charge in [0.25, 0.3) is 0 Å². The van der Waals surface area contributed by atoms with Crippen molar-refractivity contribution in [3.63, 3.8) is 0 Å². The first-order valence-electron chi connectivity index (χ1n) is 6.73. The maximum Gasteiger partial charge on any atom is 0.181 e. The van der Waals surface area contributed by atoms with Crippen molar-refractivity contribution in [3.05, 3.63) is 43.0 Å². The lowest BCUT2D eigenvalue weighted by Crippen LogP contribution is -2.24. The van der Waals surface area contributed by atoms with E-state index in [9.17, 15) is 8.42 Å². The Morgan fingerprint density at radius 2 is 2.00 bits per heavy atom. The van der Waals surface area contributed by atoms with E-state index < -0.39 is 9.84 Å². The molecule has 2 aromatic heterocycles. The fraction of sp³-hybridized carbons (Fsp3) is 0.214. The highest BCUT2D eigenvalue weighted by atomic mass is 32.2. The molecule has 0 saturated carbocycles. The van der Waals surface area contributed by atoms with Gasteiger partial charge < -0.3 is 4.57 Å². The van der Waals surface area contributed by atoms with E-state index in [0.717, 1.165) is 10.5 Å². The Morgan fingerprint density at radius 3 is 2.82 bits per heavy atom. The van der Waals surface area contributed by atoms with E-state index in [2.05, 4.69) is 15.0 Å². The number of imidazole rings is 1. The Labute approximate surface area is 131 Å². The first kappa shape index (κ1) is 13.7. The Bertz CT molecular complexity index is 938. The molecule has 0 aliphatic carbocycles. The molecule has 6 nitrogen and oxygen atoms in total. The third kappa shape index (κ3) is 2.19. The van der Waals surface area contributed by atoms with Crippen LogP contribution in [0.1, 0.15) is 6.04 Å². The average molecular weight is 332 g/mol. The third-order valence-corrected chi connectivity index (χ3v) is 6.59. The molecule has 112 valence electrons. The second kappa shape index (κ2) is 5.06. The molecular weight excluding hydrogens is 320 g/mol. The molecule has 0 saturated heterocycles. The molecule has 1 aromatic carbocycles. The smallest absolute Gasteiger partial charge is 0.181 e. The van der Waals surface area contributed by atoms with E-state index in [1.807, 2.05) is 10.6 Å². The van der Waals surface area contributed by atoms with Crippen LogP contribution in [0.25, 0.3) is 11.2 Å². The monoisotopic (exact) mass is 332 g/mol. The number of aromatic nitrogens is 4. The SMILES string of the molecule is O=S(=O)(C[C@@H]1CSc2ncnc3ncn1c23)c1ccccc1. The predicted octanol–water partition coefficient (Wildman–Crippen LogP) is 1.95. The summed E-state index contributed by atoms with van der Waals surface area (Å²) in [5.74, 6) is 0.700. The molecule has 0 N–H and O–H groups in total. The highest BCUT2D eigenvalue weighted by Crippen LogP contribution is 2.35. The van der Waals surface area contributed by atoms with Gasteiger partial charge in [-0.2, -0.15) is 0 Å². The van der Waals surface area contributed by atoms with Crippen LogP contribution in [0.15, 0.2) is 52.9 Å². The molecule has 1 aliphatic rings. The zero-order valence-electron chi connectivity index (χ0n) is 11.5. The summed E-state index contributed by atoms with van der Waals surface area (Å²) < 4.78 is 27.0. The second-order valence-corrected chi connectivity index (χ2v) is 8.11. The fourth-order valence-corrected chi connectivity index (χ4v) is 5.37. The molecule has 0 radical (unpaired) electrons. The lowest BCUT2D eigenvalue weighted by Gasteiger charge is -2.23. The molecule has 0 spiro atoms. The van der Waals surface area contributed by atoms with Crippen molar-refractivity contribution in [1.82, 2.24) is 19.5 Å². The maximum atomic E-state index is 12.6. The highest BCUT2D eigenvalue weighted by Gasteiger charge is 2.28. The van der Waals surface area contributed by atoms with Gasteiger partial charge in [-0.1, -0.05) is 18.2 Å². The van der Waals surface area contributed by atoms with E-state index in [1.54, 1.807) is 42.4 Å². The predicted molar refractivity (Wildman–Crippen MR) is 83.6 cm³/mol. The number of nitrogens with zero attached hydrogens (tertiary/aromatic N) is 4. The lowest BCUT2D eigenvalue weighted by atomic mass is 10.3. The van der Waals surface area contributed by atoms with Crippen LogP contribution in [0.5, 0.6) is 0 Å².